The van der Waals surface area contributed by atoms with Gasteiger partial charge in [-0.1, -0.05) is 29.8 Å². The van der Waals surface area contributed by atoms with Gasteiger partial charge in [-0.2, -0.15) is 0 Å². The van der Waals surface area contributed by atoms with E-state index in [2.05, 4.69) is 20.6 Å². The molecule has 0 aliphatic carbocycles. The summed E-state index contributed by atoms with van der Waals surface area (Å²) < 4.78 is 4.99. The van der Waals surface area contributed by atoms with Crippen LogP contribution < -0.4 is 10.6 Å². The van der Waals surface area contributed by atoms with E-state index in [1.165, 1.54) is 0 Å². The second-order valence-electron chi connectivity index (χ2n) is 6.05. The van der Waals surface area contributed by atoms with Crippen molar-refractivity contribution in [3.63, 3.8) is 0 Å². The molecule has 2 N–H and O–H groups in total. The summed E-state index contributed by atoms with van der Waals surface area (Å²) in [5, 5.41) is 7.20. The first kappa shape index (κ1) is 19.6. The quantitative estimate of drug-likeness (QED) is 0.549. The van der Waals surface area contributed by atoms with Crippen molar-refractivity contribution in [2.45, 2.75) is 20.4 Å². The Hall–Kier alpha value is -3.12. The molecule has 0 spiro atoms. The predicted molar refractivity (Wildman–Crippen MR) is 111 cm³/mol. The van der Waals surface area contributed by atoms with Crippen LogP contribution in [-0.2, 0) is 11.3 Å². The summed E-state index contributed by atoms with van der Waals surface area (Å²) >= 11 is 6.20. The Morgan fingerprint density at radius 1 is 1.07 bits per heavy atom. The average Bonchev–Trinajstić information content (AvgIpc) is 2.68. The van der Waals surface area contributed by atoms with Crippen LogP contribution in [0, 0.1) is 6.92 Å². The molecular weight excluding hydrogens is 376 g/mol. The molecule has 0 atom stereocenters. The van der Waals surface area contributed by atoms with E-state index < -0.39 is 0 Å². The van der Waals surface area contributed by atoms with E-state index in [1.54, 1.807) is 31.2 Å². The van der Waals surface area contributed by atoms with Crippen LogP contribution >= 0.6 is 11.6 Å². The summed E-state index contributed by atoms with van der Waals surface area (Å²) in [5.74, 6) is 1.64. The molecule has 0 fully saturated rings. The Bertz CT molecular complexity index is 961. The maximum absolute atomic E-state index is 11.7. The number of rotatable bonds is 7. The molecule has 0 unspecified atom stereocenters. The van der Waals surface area contributed by atoms with Gasteiger partial charge in [-0.05, 0) is 49.7 Å². The lowest BCUT2D eigenvalue weighted by Gasteiger charge is -2.11. The number of carbonyl (C=O) groups is 1. The number of aryl methyl sites for hydroxylation is 1. The fraction of sp³-hybridized carbons (Fsp3) is 0.190. The lowest BCUT2D eigenvalue weighted by Crippen LogP contribution is -2.06. The van der Waals surface area contributed by atoms with E-state index in [4.69, 9.17) is 16.3 Å². The first-order chi connectivity index (χ1) is 13.5. The van der Waals surface area contributed by atoms with E-state index in [1.807, 2.05) is 37.3 Å². The van der Waals surface area contributed by atoms with E-state index in [0.29, 0.717) is 41.2 Å². The molecule has 3 rings (SSSR count). The summed E-state index contributed by atoms with van der Waals surface area (Å²) in [7, 11) is 0. The molecule has 28 heavy (non-hydrogen) atoms. The smallest absolute Gasteiger partial charge is 0.338 e. The molecule has 1 heterocycles. The van der Waals surface area contributed by atoms with Crippen LogP contribution in [0.5, 0.6) is 0 Å². The van der Waals surface area contributed by atoms with Crippen LogP contribution in [0.15, 0.2) is 54.6 Å². The lowest BCUT2D eigenvalue weighted by molar-refractivity contribution is 0.0526. The number of esters is 1. The molecule has 2 aromatic carbocycles. The number of anilines is 3. The SMILES string of the molecule is CCOC(=O)c1ccc(Nc2cc(NCc3ccccc3Cl)nc(C)n2)cc1. The van der Waals surface area contributed by atoms with Gasteiger partial charge in [-0.15, -0.1) is 0 Å². The number of halogens is 1. The maximum atomic E-state index is 11.7. The number of hydrogen-bond acceptors (Lipinski definition) is 6. The monoisotopic (exact) mass is 396 g/mol. The van der Waals surface area contributed by atoms with Crippen molar-refractivity contribution in [3.8, 4) is 0 Å². The predicted octanol–water partition coefficient (Wildman–Crippen LogP) is 4.97. The van der Waals surface area contributed by atoms with E-state index in [9.17, 15) is 4.79 Å². The van der Waals surface area contributed by atoms with Crippen molar-refractivity contribution < 1.29 is 9.53 Å². The van der Waals surface area contributed by atoms with E-state index in [-0.39, 0.29) is 5.97 Å². The van der Waals surface area contributed by atoms with Crippen LogP contribution in [0.2, 0.25) is 5.02 Å². The highest BCUT2D eigenvalue weighted by Gasteiger charge is 2.07. The summed E-state index contributed by atoms with van der Waals surface area (Å²) in [6.45, 7) is 4.52. The van der Waals surface area contributed by atoms with Crippen LogP contribution in [0.3, 0.4) is 0 Å². The van der Waals surface area contributed by atoms with Crippen molar-refractivity contribution in [1.82, 2.24) is 9.97 Å². The molecule has 144 valence electrons. The minimum absolute atomic E-state index is 0.335. The van der Waals surface area contributed by atoms with Gasteiger partial charge in [-0.3, -0.25) is 0 Å². The highest BCUT2D eigenvalue weighted by molar-refractivity contribution is 6.31. The van der Waals surface area contributed by atoms with Gasteiger partial charge in [0.25, 0.3) is 0 Å². The number of nitrogens with zero attached hydrogens (tertiary/aromatic N) is 2. The molecule has 0 amide bonds. The minimum Gasteiger partial charge on any atom is -0.462 e. The maximum Gasteiger partial charge on any atom is 0.338 e. The Kier molecular flexibility index (Phi) is 6.45. The fourth-order valence-corrected chi connectivity index (χ4v) is 2.80. The number of benzene rings is 2. The van der Waals surface area contributed by atoms with Crippen molar-refractivity contribution >= 4 is 34.9 Å². The number of carbonyl (C=O) groups excluding carboxylic acids is 1. The van der Waals surface area contributed by atoms with Crippen molar-refractivity contribution in [1.29, 1.82) is 0 Å². The number of aromatic nitrogens is 2. The molecule has 0 saturated carbocycles. The standard InChI is InChI=1S/C21H21ClN4O2/c1-3-28-21(27)15-8-10-17(11-9-15)26-20-12-19(24-14(2)25-20)23-13-16-6-4-5-7-18(16)22/h4-12H,3,13H2,1-2H3,(H2,23,24,25,26). The second kappa shape index (κ2) is 9.19. The summed E-state index contributed by atoms with van der Waals surface area (Å²) in [6.07, 6.45) is 0. The van der Waals surface area contributed by atoms with Gasteiger partial charge in [0, 0.05) is 23.3 Å². The van der Waals surface area contributed by atoms with Crippen LogP contribution in [0.4, 0.5) is 17.3 Å². The molecule has 3 aromatic rings. The van der Waals surface area contributed by atoms with Gasteiger partial charge in [0.05, 0.1) is 12.2 Å². The van der Waals surface area contributed by atoms with Crippen molar-refractivity contribution in [2.24, 2.45) is 0 Å². The average molecular weight is 397 g/mol. The van der Waals surface area contributed by atoms with Crippen LogP contribution in [0.25, 0.3) is 0 Å². The van der Waals surface area contributed by atoms with Gasteiger partial charge in [0.1, 0.15) is 17.5 Å². The van der Waals surface area contributed by atoms with Crippen molar-refractivity contribution in [3.05, 3.63) is 76.6 Å². The number of hydrogen-bond donors (Lipinski definition) is 2. The zero-order chi connectivity index (χ0) is 19.9. The number of ether oxygens (including phenoxy) is 1. The summed E-state index contributed by atoms with van der Waals surface area (Å²) in [4.78, 5) is 20.6. The van der Waals surface area contributed by atoms with Crippen LogP contribution in [-0.4, -0.2) is 22.5 Å². The largest absolute Gasteiger partial charge is 0.462 e. The Morgan fingerprint density at radius 3 is 2.50 bits per heavy atom. The Labute approximate surface area is 168 Å². The third-order valence-corrected chi connectivity index (χ3v) is 4.29. The Balaban J connectivity index is 1.69. The normalized spacial score (nSPS) is 10.4. The molecule has 0 saturated heterocycles. The first-order valence-corrected chi connectivity index (χ1v) is 9.30. The zero-order valence-electron chi connectivity index (χ0n) is 15.7. The first-order valence-electron chi connectivity index (χ1n) is 8.92. The lowest BCUT2D eigenvalue weighted by atomic mass is 10.2. The third kappa shape index (κ3) is 5.20. The van der Waals surface area contributed by atoms with E-state index >= 15 is 0 Å². The second-order valence-corrected chi connectivity index (χ2v) is 6.46. The number of nitrogens with one attached hydrogen (secondary N) is 2. The summed E-state index contributed by atoms with van der Waals surface area (Å²) in [6, 6.07) is 16.5. The molecule has 7 heteroatoms. The van der Waals surface area contributed by atoms with Gasteiger partial charge in [0.15, 0.2) is 0 Å². The van der Waals surface area contributed by atoms with Gasteiger partial charge in [-0.25, -0.2) is 14.8 Å². The minimum atomic E-state index is -0.335. The van der Waals surface area contributed by atoms with Crippen molar-refractivity contribution in [2.75, 3.05) is 17.2 Å². The highest BCUT2D eigenvalue weighted by Crippen LogP contribution is 2.20. The van der Waals surface area contributed by atoms with Gasteiger partial charge >= 0.3 is 5.97 Å². The molecule has 1 aromatic heterocycles. The highest BCUT2D eigenvalue weighted by atomic mass is 35.5. The topological polar surface area (TPSA) is 76.1 Å². The molecule has 6 nitrogen and oxygen atoms in total. The van der Waals surface area contributed by atoms with Crippen LogP contribution in [0.1, 0.15) is 28.7 Å². The fourth-order valence-electron chi connectivity index (χ4n) is 2.60. The molecule has 0 aliphatic heterocycles. The Morgan fingerprint density at radius 2 is 1.79 bits per heavy atom. The zero-order valence-corrected chi connectivity index (χ0v) is 16.5. The molecule has 0 bridgehead atoms. The van der Waals surface area contributed by atoms with E-state index in [0.717, 1.165) is 11.3 Å². The molecule has 0 radical (unpaired) electrons. The van der Waals surface area contributed by atoms with Gasteiger partial charge < -0.3 is 15.4 Å². The summed E-state index contributed by atoms with van der Waals surface area (Å²) in [5.41, 5.74) is 2.31. The molecule has 0 aliphatic rings. The third-order valence-electron chi connectivity index (χ3n) is 3.92. The molecular formula is C21H21ClN4O2. The van der Waals surface area contributed by atoms with Gasteiger partial charge in [0.2, 0.25) is 0 Å².